The average Bonchev–Trinajstić information content (AvgIpc) is 3.24. The first-order valence-electron chi connectivity index (χ1n) is 9.12. The summed E-state index contributed by atoms with van der Waals surface area (Å²) in [5, 5.41) is 3.58. The molecule has 2 unspecified atom stereocenters. The number of benzene rings is 1. The van der Waals surface area contributed by atoms with Crippen LogP contribution in [0.1, 0.15) is 36.8 Å². The molecule has 2 heteroatoms. The second kappa shape index (κ2) is 6.55. The van der Waals surface area contributed by atoms with Gasteiger partial charge in [0.2, 0.25) is 0 Å². The molecule has 1 N–H and O–H groups in total. The molecular weight excluding hydrogens is 268 g/mol. The topological polar surface area (TPSA) is 15.3 Å². The SMILES string of the molecule is C1=C(c2ccc(CCN3CCCC3)cc2)C2CNCC2CC1. The van der Waals surface area contributed by atoms with Gasteiger partial charge in [0.1, 0.15) is 0 Å². The highest BCUT2D eigenvalue weighted by molar-refractivity contribution is 5.69. The fraction of sp³-hybridized carbons (Fsp3) is 0.600. The maximum Gasteiger partial charge on any atom is 0.00235 e. The first-order chi connectivity index (χ1) is 10.9. The highest BCUT2D eigenvalue weighted by Gasteiger charge is 2.32. The molecule has 0 radical (unpaired) electrons. The molecule has 0 saturated carbocycles. The summed E-state index contributed by atoms with van der Waals surface area (Å²) in [6.07, 6.45) is 9.11. The van der Waals surface area contributed by atoms with E-state index in [0.29, 0.717) is 0 Å². The number of hydrogen-bond donors (Lipinski definition) is 1. The molecule has 2 heterocycles. The van der Waals surface area contributed by atoms with Gasteiger partial charge in [-0.2, -0.15) is 0 Å². The van der Waals surface area contributed by atoms with Gasteiger partial charge in [-0.15, -0.1) is 0 Å². The Hall–Kier alpha value is -1.12. The summed E-state index contributed by atoms with van der Waals surface area (Å²) in [6.45, 7) is 6.24. The van der Waals surface area contributed by atoms with E-state index in [2.05, 4.69) is 40.6 Å². The Kier molecular flexibility index (Phi) is 4.31. The van der Waals surface area contributed by atoms with Crippen molar-refractivity contribution >= 4 is 5.57 Å². The molecule has 0 bridgehead atoms. The minimum atomic E-state index is 0.754. The fourth-order valence-corrected chi connectivity index (χ4v) is 4.49. The zero-order chi connectivity index (χ0) is 14.8. The lowest BCUT2D eigenvalue weighted by Gasteiger charge is -2.26. The molecule has 2 aliphatic heterocycles. The molecule has 0 spiro atoms. The van der Waals surface area contributed by atoms with Crippen molar-refractivity contribution in [2.75, 3.05) is 32.7 Å². The lowest BCUT2D eigenvalue weighted by atomic mass is 9.78. The van der Waals surface area contributed by atoms with Crippen LogP contribution in [0.4, 0.5) is 0 Å². The largest absolute Gasteiger partial charge is 0.316 e. The lowest BCUT2D eigenvalue weighted by molar-refractivity contribution is 0.343. The van der Waals surface area contributed by atoms with Crippen LogP contribution in [0.15, 0.2) is 30.3 Å². The third-order valence-corrected chi connectivity index (χ3v) is 5.84. The molecule has 2 nitrogen and oxygen atoms in total. The molecule has 0 aromatic heterocycles. The molecule has 118 valence electrons. The molecule has 2 fully saturated rings. The van der Waals surface area contributed by atoms with Gasteiger partial charge in [0.05, 0.1) is 0 Å². The molecule has 0 amide bonds. The smallest absolute Gasteiger partial charge is 0.00235 e. The highest BCUT2D eigenvalue weighted by Crippen LogP contribution is 2.38. The molecule has 4 rings (SSSR count). The van der Waals surface area contributed by atoms with Crippen molar-refractivity contribution in [3.05, 3.63) is 41.5 Å². The van der Waals surface area contributed by atoms with Gasteiger partial charge in [-0.1, -0.05) is 30.3 Å². The van der Waals surface area contributed by atoms with Crippen molar-refractivity contribution in [1.29, 1.82) is 0 Å². The fourth-order valence-electron chi connectivity index (χ4n) is 4.49. The minimum absolute atomic E-state index is 0.754. The van der Waals surface area contributed by atoms with E-state index in [1.54, 1.807) is 5.57 Å². The number of allylic oxidation sites excluding steroid dienone is 1. The predicted octanol–water partition coefficient (Wildman–Crippen LogP) is 3.34. The van der Waals surface area contributed by atoms with Crippen LogP contribution in [-0.2, 0) is 6.42 Å². The predicted molar refractivity (Wildman–Crippen MR) is 92.9 cm³/mol. The maximum atomic E-state index is 3.58. The van der Waals surface area contributed by atoms with E-state index in [4.69, 9.17) is 0 Å². The van der Waals surface area contributed by atoms with Gasteiger partial charge in [-0.05, 0) is 74.4 Å². The average molecular weight is 296 g/mol. The van der Waals surface area contributed by atoms with Crippen LogP contribution in [0.5, 0.6) is 0 Å². The van der Waals surface area contributed by atoms with E-state index in [-0.39, 0.29) is 0 Å². The first kappa shape index (κ1) is 14.5. The van der Waals surface area contributed by atoms with E-state index >= 15 is 0 Å². The van der Waals surface area contributed by atoms with Gasteiger partial charge in [-0.3, -0.25) is 0 Å². The quantitative estimate of drug-likeness (QED) is 0.917. The number of nitrogens with one attached hydrogen (secondary N) is 1. The third-order valence-electron chi connectivity index (χ3n) is 5.84. The van der Waals surface area contributed by atoms with Crippen molar-refractivity contribution in [1.82, 2.24) is 10.2 Å². The van der Waals surface area contributed by atoms with Crippen LogP contribution in [0.3, 0.4) is 0 Å². The van der Waals surface area contributed by atoms with Gasteiger partial charge in [0.25, 0.3) is 0 Å². The zero-order valence-corrected chi connectivity index (χ0v) is 13.6. The molecule has 2 atom stereocenters. The Bertz CT molecular complexity index is 525. The van der Waals surface area contributed by atoms with Crippen molar-refractivity contribution in [3.8, 4) is 0 Å². The van der Waals surface area contributed by atoms with Crippen molar-refractivity contribution in [2.24, 2.45) is 11.8 Å². The molecule has 1 aromatic rings. The Morgan fingerprint density at radius 3 is 2.68 bits per heavy atom. The van der Waals surface area contributed by atoms with Crippen LogP contribution < -0.4 is 5.32 Å². The van der Waals surface area contributed by atoms with Gasteiger partial charge in [-0.25, -0.2) is 0 Å². The van der Waals surface area contributed by atoms with Crippen molar-refractivity contribution < 1.29 is 0 Å². The summed E-state index contributed by atoms with van der Waals surface area (Å²) in [5.41, 5.74) is 4.56. The molecular formula is C20H28N2. The Morgan fingerprint density at radius 1 is 1.05 bits per heavy atom. The monoisotopic (exact) mass is 296 g/mol. The maximum absolute atomic E-state index is 3.58. The standard InChI is InChI=1S/C20H28N2/c1-2-12-22(11-1)13-10-16-6-8-17(9-7-16)19-5-3-4-18-14-21-15-20(18)19/h5-9,18,20-21H,1-4,10-15H2. The second-order valence-corrected chi connectivity index (χ2v) is 7.26. The molecule has 3 aliphatic rings. The number of fused-ring (bicyclic) bond motifs is 1. The van der Waals surface area contributed by atoms with Gasteiger partial charge in [0.15, 0.2) is 0 Å². The van der Waals surface area contributed by atoms with Crippen molar-refractivity contribution in [2.45, 2.75) is 32.1 Å². The number of likely N-dealkylation sites (tertiary alicyclic amines) is 1. The summed E-state index contributed by atoms with van der Waals surface area (Å²) in [4.78, 5) is 2.60. The Balaban J connectivity index is 1.41. The van der Waals surface area contributed by atoms with E-state index in [1.807, 2.05) is 0 Å². The molecule has 22 heavy (non-hydrogen) atoms. The summed E-state index contributed by atoms with van der Waals surface area (Å²) in [6, 6.07) is 9.45. The van der Waals surface area contributed by atoms with Crippen LogP contribution >= 0.6 is 0 Å². The van der Waals surface area contributed by atoms with Gasteiger partial charge in [0, 0.05) is 19.0 Å². The van der Waals surface area contributed by atoms with E-state index in [1.165, 1.54) is 76.0 Å². The van der Waals surface area contributed by atoms with E-state index < -0.39 is 0 Å². The van der Waals surface area contributed by atoms with Crippen LogP contribution in [0.2, 0.25) is 0 Å². The normalized spacial score (nSPS) is 28.6. The Morgan fingerprint density at radius 2 is 1.86 bits per heavy atom. The summed E-state index contributed by atoms with van der Waals surface area (Å²) in [7, 11) is 0. The minimum Gasteiger partial charge on any atom is -0.316 e. The zero-order valence-electron chi connectivity index (χ0n) is 13.6. The molecule has 2 saturated heterocycles. The third kappa shape index (κ3) is 3.00. The van der Waals surface area contributed by atoms with Crippen LogP contribution in [0.25, 0.3) is 5.57 Å². The number of nitrogens with zero attached hydrogens (tertiary/aromatic N) is 1. The van der Waals surface area contributed by atoms with Crippen LogP contribution in [-0.4, -0.2) is 37.6 Å². The number of rotatable bonds is 4. The molecule has 1 aliphatic carbocycles. The van der Waals surface area contributed by atoms with E-state index in [0.717, 1.165) is 11.8 Å². The second-order valence-electron chi connectivity index (χ2n) is 7.26. The summed E-state index contributed by atoms with van der Waals surface area (Å²) >= 11 is 0. The lowest BCUT2D eigenvalue weighted by Crippen LogP contribution is -2.21. The van der Waals surface area contributed by atoms with E-state index in [9.17, 15) is 0 Å². The summed E-state index contributed by atoms with van der Waals surface area (Å²) in [5.74, 6) is 1.62. The molecule has 1 aromatic carbocycles. The van der Waals surface area contributed by atoms with Gasteiger partial charge < -0.3 is 10.2 Å². The van der Waals surface area contributed by atoms with Crippen LogP contribution in [0, 0.1) is 11.8 Å². The van der Waals surface area contributed by atoms with Gasteiger partial charge >= 0.3 is 0 Å². The highest BCUT2D eigenvalue weighted by atomic mass is 15.1. The first-order valence-corrected chi connectivity index (χ1v) is 9.12. The number of hydrogen-bond acceptors (Lipinski definition) is 2. The Labute approximate surface area is 134 Å². The van der Waals surface area contributed by atoms with Crippen molar-refractivity contribution in [3.63, 3.8) is 0 Å². The summed E-state index contributed by atoms with van der Waals surface area (Å²) < 4.78 is 0.